The molecule has 3 aliphatic rings. The van der Waals surface area contributed by atoms with Crippen molar-refractivity contribution in [3.8, 4) is 0 Å². The van der Waals surface area contributed by atoms with Crippen LogP contribution in [0.2, 0.25) is 0 Å². The van der Waals surface area contributed by atoms with Gasteiger partial charge in [0.25, 0.3) is 0 Å². The highest BCUT2D eigenvalue weighted by Crippen LogP contribution is 2.42. The van der Waals surface area contributed by atoms with Crippen molar-refractivity contribution in [2.45, 2.75) is 63.9 Å². The first-order valence-electron chi connectivity index (χ1n) is 5.69. The SMILES string of the molecule is CC1(C)OC[C@@H]2O[C@H]3OC(C)(C)O[C@@H]3[C@H]2O1. The fraction of sp³-hybridized carbons (Fsp3) is 1.00. The molecule has 4 atom stereocenters. The van der Waals surface area contributed by atoms with E-state index >= 15 is 0 Å². The van der Waals surface area contributed by atoms with Crippen LogP contribution in [-0.2, 0) is 23.7 Å². The molecular formula is C11H18O5. The van der Waals surface area contributed by atoms with Crippen molar-refractivity contribution >= 4 is 0 Å². The number of rotatable bonds is 0. The van der Waals surface area contributed by atoms with Crippen LogP contribution in [0.1, 0.15) is 27.7 Å². The summed E-state index contributed by atoms with van der Waals surface area (Å²) in [5.41, 5.74) is 0. The lowest BCUT2D eigenvalue weighted by molar-refractivity contribution is -0.319. The molecule has 0 aromatic carbocycles. The van der Waals surface area contributed by atoms with E-state index in [1.165, 1.54) is 0 Å². The van der Waals surface area contributed by atoms with Gasteiger partial charge in [0, 0.05) is 0 Å². The second-order valence-electron chi connectivity index (χ2n) is 5.44. The maximum atomic E-state index is 5.85. The first kappa shape index (κ1) is 10.9. The number of fused-ring (bicyclic) bond motifs is 3. The van der Waals surface area contributed by atoms with E-state index in [2.05, 4.69) is 0 Å². The van der Waals surface area contributed by atoms with E-state index in [0.29, 0.717) is 6.61 Å². The van der Waals surface area contributed by atoms with Gasteiger partial charge in [-0.15, -0.1) is 0 Å². The van der Waals surface area contributed by atoms with Gasteiger partial charge in [-0.05, 0) is 27.7 Å². The molecule has 3 rings (SSSR count). The van der Waals surface area contributed by atoms with Gasteiger partial charge in [-0.2, -0.15) is 0 Å². The lowest BCUT2D eigenvalue weighted by atomic mass is 10.1. The minimum atomic E-state index is -0.591. The third-order valence-corrected chi connectivity index (χ3v) is 3.10. The second kappa shape index (κ2) is 3.17. The van der Waals surface area contributed by atoms with Crippen molar-refractivity contribution in [2.75, 3.05) is 6.61 Å². The third-order valence-electron chi connectivity index (χ3n) is 3.10. The highest BCUT2D eigenvalue weighted by Gasteiger charge is 2.58. The molecule has 5 nitrogen and oxygen atoms in total. The first-order chi connectivity index (χ1) is 7.36. The largest absolute Gasteiger partial charge is 0.348 e. The fourth-order valence-corrected chi connectivity index (χ4v) is 2.47. The molecule has 92 valence electrons. The molecule has 3 heterocycles. The van der Waals surface area contributed by atoms with Gasteiger partial charge in [0.05, 0.1) is 6.61 Å². The Balaban J connectivity index is 1.78. The minimum absolute atomic E-state index is 0.0841. The molecular weight excluding hydrogens is 212 g/mol. The molecule has 0 N–H and O–H groups in total. The van der Waals surface area contributed by atoms with Crippen molar-refractivity contribution < 1.29 is 23.7 Å². The Morgan fingerprint density at radius 3 is 2.31 bits per heavy atom. The smallest absolute Gasteiger partial charge is 0.190 e. The van der Waals surface area contributed by atoms with E-state index in [1.54, 1.807) is 0 Å². The summed E-state index contributed by atoms with van der Waals surface area (Å²) >= 11 is 0. The number of hydrogen-bond donors (Lipinski definition) is 0. The van der Waals surface area contributed by atoms with Gasteiger partial charge in [0.2, 0.25) is 0 Å². The summed E-state index contributed by atoms with van der Waals surface area (Å²) in [6.45, 7) is 8.09. The summed E-state index contributed by atoms with van der Waals surface area (Å²) in [6.07, 6.45) is -0.666. The number of ether oxygens (including phenoxy) is 5. The maximum absolute atomic E-state index is 5.85. The van der Waals surface area contributed by atoms with Crippen molar-refractivity contribution in [1.29, 1.82) is 0 Å². The van der Waals surface area contributed by atoms with Gasteiger partial charge >= 0.3 is 0 Å². The van der Waals surface area contributed by atoms with E-state index in [1.807, 2.05) is 27.7 Å². The van der Waals surface area contributed by atoms with Crippen molar-refractivity contribution in [1.82, 2.24) is 0 Å². The van der Waals surface area contributed by atoms with Gasteiger partial charge in [-0.1, -0.05) is 0 Å². The zero-order valence-corrected chi connectivity index (χ0v) is 10.1. The lowest BCUT2D eigenvalue weighted by Gasteiger charge is -2.38. The quantitative estimate of drug-likeness (QED) is 0.621. The molecule has 3 fully saturated rings. The molecule has 3 saturated heterocycles. The van der Waals surface area contributed by atoms with E-state index in [0.717, 1.165) is 0 Å². The van der Waals surface area contributed by atoms with Gasteiger partial charge in [-0.3, -0.25) is 0 Å². The molecule has 0 aromatic heterocycles. The van der Waals surface area contributed by atoms with Crippen LogP contribution in [0.3, 0.4) is 0 Å². The average Bonchev–Trinajstić information content (AvgIpc) is 2.57. The molecule has 0 bridgehead atoms. The van der Waals surface area contributed by atoms with E-state index in [4.69, 9.17) is 23.7 Å². The van der Waals surface area contributed by atoms with Crippen molar-refractivity contribution in [3.05, 3.63) is 0 Å². The Kier molecular flexibility index (Phi) is 2.17. The highest BCUT2D eigenvalue weighted by molar-refractivity contribution is 4.96. The summed E-state index contributed by atoms with van der Waals surface area (Å²) in [5.74, 6) is -1.17. The predicted molar refractivity (Wildman–Crippen MR) is 53.6 cm³/mol. The summed E-state index contributed by atoms with van der Waals surface area (Å²) in [5, 5.41) is 0. The van der Waals surface area contributed by atoms with Crippen molar-refractivity contribution in [2.24, 2.45) is 0 Å². The zero-order chi connectivity index (χ0) is 11.6. The Hall–Kier alpha value is -0.200. The second-order valence-corrected chi connectivity index (χ2v) is 5.44. The summed E-state index contributed by atoms with van der Waals surface area (Å²) < 4.78 is 28.6. The minimum Gasteiger partial charge on any atom is -0.348 e. The fourth-order valence-electron chi connectivity index (χ4n) is 2.47. The molecule has 0 amide bonds. The molecule has 0 spiro atoms. The molecule has 3 aliphatic heterocycles. The van der Waals surface area contributed by atoms with Gasteiger partial charge in [-0.25, -0.2) is 0 Å². The molecule has 5 heteroatoms. The van der Waals surface area contributed by atoms with E-state index in [9.17, 15) is 0 Å². The molecule has 0 saturated carbocycles. The topological polar surface area (TPSA) is 46.2 Å². The molecule has 16 heavy (non-hydrogen) atoms. The van der Waals surface area contributed by atoms with Crippen molar-refractivity contribution in [3.63, 3.8) is 0 Å². The van der Waals surface area contributed by atoms with Crippen LogP contribution in [-0.4, -0.2) is 42.8 Å². The van der Waals surface area contributed by atoms with Crippen LogP contribution in [0, 0.1) is 0 Å². The van der Waals surface area contributed by atoms with Gasteiger partial charge < -0.3 is 23.7 Å². The molecule has 0 aliphatic carbocycles. The Labute approximate surface area is 94.9 Å². The van der Waals surface area contributed by atoms with E-state index in [-0.39, 0.29) is 24.6 Å². The molecule has 0 aromatic rings. The Morgan fingerprint density at radius 1 is 0.875 bits per heavy atom. The third kappa shape index (κ3) is 1.67. The van der Waals surface area contributed by atoms with Crippen LogP contribution in [0.4, 0.5) is 0 Å². The molecule has 0 radical (unpaired) electrons. The summed E-state index contributed by atoms with van der Waals surface area (Å²) in [4.78, 5) is 0. The van der Waals surface area contributed by atoms with Crippen LogP contribution in [0.25, 0.3) is 0 Å². The number of hydrogen-bond acceptors (Lipinski definition) is 5. The van der Waals surface area contributed by atoms with Crippen LogP contribution in [0.5, 0.6) is 0 Å². The standard InChI is InChI=1S/C11H18O5/c1-10(2)12-5-6-7(14-10)8-9(13-6)16-11(3,4)15-8/h6-9H,5H2,1-4H3/t6-,7-,8+,9-/m0/s1. The lowest BCUT2D eigenvalue weighted by Crippen LogP contribution is -2.50. The Morgan fingerprint density at radius 2 is 1.56 bits per heavy atom. The van der Waals surface area contributed by atoms with Crippen LogP contribution < -0.4 is 0 Å². The normalized spacial score (nSPS) is 48.8. The van der Waals surface area contributed by atoms with E-state index < -0.39 is 11.6 Å². The predicted octanol–water partition coefficient (Wildman–Crippen LogP) is 1.01. The maximum Gasteiger partial charge on any atom is 0.190 e. The first-order valence-corrected chi connectivity index (χ1v) is 5.69. The molecule has 0 unspecified atom stereocenters. The summed E-state index contributed by atoms with van der Waals surface area (Å²) in [6, 6.07) is 0. The van der Waals surface area contributed by atoms with Gasteiger partial charge in [0.15, 0.2) is 17.9 Å². The van der Waals surface area contributed by atoms with Crippen LogP contribution >= 0.6 is 0 Å². The summed E-state index contributed by atoms with van der Waals surface area (Å²) in [7, 11) is 0. The highest BCUT2D eigenvalue weighted by atomic mass is 16.9. The Bertz CT molecular complexity index is 301. The monoisotopic (exact) mass is 230 g/mol. The zero-order valence-electron chi connectivity index (χ0n) is 10.1. The van der Waals surface area contributed by atoms with Gasteiger partial charge in [0.1, 0.15) is 18.3 Å². The average molecular weight is 230 g/mol. The van der Waals surface area contributed by atoms with Crippen LogP contribution in [0.15, 0.2) is 0 Å².